The maximum absolute atomic E-state index is 13.0. The van der Waals surface area contributed by atoms with E-state index in [4.69, 9.17) is 16.1 Å². The van der Waals surface area contributed by atoms with Crippen LogP contribution < -0.4 is 0 Å². The standard InChI is InChI=1S/C19H18ClN3O5S/c1-12-6-4-5-7-14(12)18-21-17(28-22-18)11-23(2)29(25,26)16-10-13(19(24)27-3)8-9-15(16)20/h4-10H,11H2,1-3H3. The molecule has 0 radical (unpaired) electrons. The molecule has 10 heteroatoms. The number of aromatic nitrogens is 2. The van der Waals surface area contributed by atoms with Crippen molar-refractivity contribution in [3.05, 3.63) is 64.5 Å². The van der Waals surface area contributed by atoms with Crippen LogP contribution in [0.25, 0.3) is 11.4 Å². The Labute approximate surface area is 173 Å². The highest BCUT2D eigenvalue weighted by atomic mass is 35.5. The van der Waals surface area contributed by atoms with Crippen molar-refractivity contribution in [1.82, 2.24) is 14.4 Å². The van der Waals surface area contributed by atoms with E-state index in [1.54, 1.807) is 0 Å². The van der Waals surface area contributed by atoms with E-state index in [1.165, 1.54) is 32.4 Å². The molecule has 0 aliphatic carbocycles. The first kappa shape index (κ1) is 21.0. The van der Waals surface area contributed by atoms with Crippen molar-refractivity contribution in [3.8, 4) is 11.4 Å². The lowest BCUT2D eigenvalue weighted by Gasteiger charge is -2.16. The maximum Gasteiger partial charge on any atom is 0.337 e. The van der Waals surface area contributed by atoms with Crippen LogP contribution in [-0.2, 0) is 21.3 Å². The zero-order valence-corrected chi connectivity index (χ0v) is 17.5. The number of carbonyl (C=O) groups excluding carboxylic acids is 1. The van der Waals surface area contributed by atoms with Gasteiger partial charge in [-0.15, -0.1) is 0 Å². The van der Waals surface area contributed by atoms with Gasteiger partial charge in [0.1, 0.15) is 4.90 Å². The van der Waals surface area contributed by atoms with E-state index in [0.29, 0.717) is 5.82 Å². The Morgan fingerprint density at radius 2 is 1.97 bits per heavy atom. The number of rotatable bonds is 6. The SMILES string of the molecule is COC(=O)c1ccc(Cl)c(S(=O)(=O)N(C)Cc2nc(-c3ccccc3C)no2)c1. The number of esters is 1. The highest BCUT2D eigenvalue weighted by molar-refractivity contribution is 7.89. The Kier molecular flexibility index (Phi) is 6.02. The van der Waals surface area contributed by atoms with Gasteiger partial charge in [-0.05, 0) is 30.7 Å². The quantitative estimate of drug-likeness (QED) is 0.547. The fourth-order valence-corrected chi connectivity index (χ4v) is 4.26. The van der Waals surface area contributed by atoms with Gasteiger partial charge in [-0.1, -0.05) is 41.0 Å². The number of nitrogens with zero attached hydrogens (tertiary/aromatic N) is 3. The molecule has 0 spiro atoms. The maximum atomic E-state index is 13.0. The summed E-state index contributed by atoms with van der Waals surface area (Å²) in [5.41, 5.74) is 1.83. The number of sulfonamides is 1. The minimum Gasteiger partial charge on any atom is -0.465 e. The lowest BCUT2D eigenvalue weighted by Crippen LogP contribution is -2.27. The largest absolute Gasteiger partial charge is 0.465 e. The van der Waals surface area contributed by atoms with Gasteiger partial charge < -0.3 is 9.26 Å². The molecule has 0 atom stereocenters. The van der Waals surface area contributed by atoms with Crippen molar-refractivity contribution < 1.29 is 22.5 Å². The lowest BCUT2D eigenvalue weighted by molar-refractivity contribution is 0.0600. The second kappa shape index (κ2) is 8.32. The number of halogens is 1. The van der Waals surface area contributed by atoms with Crippen LogP contribution in [0.5, 0.6) is 0 Å². The molecule has 0 bridgehead atoms. The highest BCUT2D eigenvalue weighted by Gasteiger charge is 2.27. The number of ether oxygens (including phenoxy) is 1. The zero-order chi connectivity index (χ0) is 21.2. The Balaban J connectivity index is 1.87. The summed E-state index contributed by atoms with van der Waals surface area (Å²) in [6, 6.07) is 11.4. The van der Waals surface area contributed by atoms with Crippen molar-refractivity contribution in [2.24, 2.45) is 0 Å². The lowest BCUT2D eigenvalue weighted by atomic mass is 10.1. The van der Waals surface area contributed by atoms with E-state index >= 15 is 0 Å². The third kappa shape index (κ3) is 4.31. The first-order chi connectivity index (χ1) is 13.7. The minimum atomic E-state index is -4.03. The summed E-state index contributed by atoms with van der Waals surface area (Å²) in [6.45, 7) is 1.75. The molecule has 29 heavy (non-hydrogen) atoms. The van der Waals surface area contributed by atoms with Crippen LogP contribution >= 0.6 is 11.6 Å². The summed E-state index contributed by atoms with van der Waals surface area (Å²) < 4.78 is 36.8. The van der Waals surface area contributed by atoms with E-state index in [0.717, 1.165) is 15.4 Å². The summed E-state index contributed by atoms with van der Waals surface area (Å²) in [7, 11) is -1.47. The summed E-state index contributed by atoms with van der Waals surface area (Å²) in [4.78, 5) is 15.8. The highest BCUT2D eigenvalue weighted by Crippen LogP contribution is 2.27. The van der Waals surface area contributed by atoms with Crippen molar-refractivity contribution in [3.63, 3.8) is 0 Å². The number of carbonyl (C=O) groups is 1. The number of aryl methyl sites for hydroxylation is 1. The van der Waals surface area contributed by atoms with E-state index in [-0.39, 0.29) is 27.9 Å². The Hall–Kier alpha value is -2.75. The Morgan fingerprint density at radius 3 is 2.66 bits per heavy atom. The normalized spacial score (nSPS) is 11.6. The molecule has 0 fully saturated rings. The van der Waals surface area contributed by atoms with Crippen LogP contribution in [0, 0.1) is 6.92 Å². The number of hydrogen-bond donors (Lipinski definition) is 0. The molecule has 0 aliphatic rings. The smallest absolute Gasteiger partial charge is 0.337 e. The minimum absolute atomic E-state index is 0.0179. The fourth-order valence-electron chi connectivity index (χ4n) is 2.64. The van der Waals surface area contributed by atoms with Crippen molar-refractivity contribution >= 4 is 27.6 Å². The molecule has 3 aromatic rings. The molecule has 152 valence electrons. The number of benzene rings is 2. The van der Waals surface area contributed by atoms with Crippen LogP contribution in [0.3, 0.4) is 0 Å². The average molecular weight is 436 g/mol. The molecule has 0 amide bonds. The van der Waals surface area contributed by atoms with Gasteiger partial charge in [-0.2, -0.15) is 9.29 Å². The van der Waals surface area contributed by atoms with E-state index in [1.807, 2.05) is 31.2 Å². The van der Waals surface area contributed by atoms with Crippen molar-refractivity contribution in [2.75, 3.05) is 14.2 Å². The molecule has 0 aliphatic heterocycles. The van der Waals surface area contributed by atoms with Gasteiger partial charge in [0.05, 0.1) is 24.2 Å². The summed E-state index contributed by atoms with van der Waals surface area (Å²) in [5, 5.41) is 3.91. The number of methoxy groups -OCH3 is 1. The number of hydrogen-bond acceptors (Lipinski definition) is 7. The summed E-state index contributed by atoms with van der Waals surface area (Å²) in [6.07, 6.45) is 0. The zero-order valence-electron chi connectivity index (χ0n) is 15.9. The fraction of sp³-hybridized carbons (Fsp3) is 0.211. The molecule has 0 saturated heterocycles. The molecule has 3 rings (SSSR count). The van der Waals surface area contributed by atoms with Gasteiger partial charge in [0.15, 0.2) is 0 Å². The van der Waals surface area contributed by atoms with Crippen LogP contribution in [0.15, 0.2) is 51.9 Å². The third-order valence-electron chi connectivity index (χ3n) is 4.25. The van der Waals surface area contributed by atoms with E-state index in [9.17, 15) is 13.2 Å². The molecule has 0 N–H and O–H groups in total. The first-order valence-corrected chi connectivity index (χ1v) is 10.3. The first-order valence-electron chi connectivity index (χ1n) is 8.47. The van der Waals surface area contributed by atoms with E-state index in [2.05, 4.69) is 14.9 Å². The molecule has 1 aromatic heterocycles. The second-order valence-electron chi connectivity index (χ2n) is 6.22. The molecule has 0 saturated carbocycles. The van der Waals surface area contributed by atoms with Crippen molar-refractivity contribution in [2.45, 2.75) is 18.4 Å². The van der Waals surface area contributed by atoms with Gasteiger partial charge >= 0.3 is 5.97 Å². The van der Waals surface area contributed by atoms with Gasteiger partial charge in [-0.3, -0.25) is 0 Å². The van der Waals surface area contributed by atoms with Crippen LogP contribution in [0.4, 0.5) is 0 Å². The molecule has 0 unspecified atom stereocenters. The third-order valence-corrected chi connectivity index (χ3v) is 6.54. The predicted octanol–water partition coefficient (Wildman–Crippen LogP) is 3.31. The van der Waals surface area contributed by atoms with Crippen molar-refractivity contribution in [1.29, 1.82) is 0 Å². The average Bonchev–Trinajstić information content (AvgIpc) is 3.16. The van der Waals surface area contributed by atoms with Gasteiger partial charge in [0.25, 0.3) is 0 Å². The Morgan fingerprint density at radius 1 is 1.24 bits per heavy atom. The van der Waals surface area contributed by atoms with E-state index < -0.39 is 16.0 Å². The molecular weight excluding hydrogens is 418 g/mol. The molecule has 1 heterocycles. The van der Waals surface area contributed by atoms with Gasteiger partial charge in [0.2, 0.25) is 21.7 Å². The molecule has 2 aromatic carbocycles. The van der Waals surface area contributed by atoms with Gasteiger partial charge in [-0.25, -0.2) is 13.2 Å². The van der Waals surface area contributed by atoms with Crippen LogP contribution in [0.2, 0.25) is 5.02 Å². The molecule has 8 nitrogen and oxygen atoms in total. The monoisotopic (exact) mass is 435 g/mol. The Bertz CT molecular complexity index is 1160. The molecular formula is C19H18ClN3O5S. The van der Waals surface area contributed by atoms with Crippen LogP contribution in [-0.4, -0.2) is 43.0 Å². The second-order valence-corrected chi connectivity index (χ2v) is 8.65. The topological polar surface area (TPSA) is 103 Å². The predicted molar refractivity (Wildman–Crippen MR) is 106 cm³/mol. The van der Waals surface area contributed by atoms with Gasteiger partial charge in [0, 0.05) is 12.6 Å². The van der Waals surface area contributed by atoms with Crippen LogP contribution in [0.1, 0.15) is 21.8 Å². The summed E-state index contributed by atoms with van der Waals surface area (Å²) >= 11 is 6.07. The summed E-state index contributed by atoms with van der Waals surface area (Å²) in [5.74, 6) is -0.176.